The summed E-state index contributed by atoms with van der Waals surface area (Å²) in [5.74, 6) is -2.46. The molecule has 0 aliphatic carbocycles. The van der Waals surface area contributed by atoms with E-state index >= 15 is 0 Å². The van der Waals surface area contributed by atoms with Crippen molar-refractivity contribution < 1.29 is 19.0 Å². The van der Waals surface area contributed by atoms with Gasteiger partial charge in [-0.25, -0.2) is 4.39 Å². The van der Waals surface area contributed by atoms with Gasteiger partial charge in [0.2, 0.25) is 0 Å². The minimum Gasteiger partial charge on any atom is -0.545 e. The third kappa shape index (κ3) is 1.37. The minimum absolute atomic E-state index is 0.0324. The Morgan fingerprint density at radius 3 is 2.67 bits per heavy atom. The number of aromatic carboxylic acids is 1. The fourth-order valence-corrected chi connectivity index (χ4v) is 0.873. The van der Waals surface area contributed by atoms with Crippen molar-refractivity contribution >= 4 is 5.97 Å². The molecule has 0 saturated carbocycles. The van der Waals surface area contributed by atoms with Crippen molar-refractivity contribution in [1.82, 2.24) is 0 Å². The Balaban J connectivity index is 3.29. The van der Waals surface area contributed by atoms with E-state index in [2.05, 4.69) is 4.74 Å². The van der Waals surface area contributed by atoms with Crippen molar-refractivity contribution in [3.05, 3.63) is 29.6 Å². The molecule has 1 rings (SSSR count). The molecule has 12 heavy (non-hydrogen) atoms. The van der Waals surface area contributed by atoms with Gasteiger partial charge in [-0.05, 0) is 12.1 Å². The average molecular weight is 169 g/mol. The van der Waals surface area contributed by atoms with Crippen LogP contribution in [0.15, 0.2) is 18.2 Å². The lowest BCUT2D eigenvalue weighted by molar-refractivity contribution is -0.255. The van der Waals surface area contributed by atoms with Crippen molar-refractivity contribution in [2.24, 2.45) is 0 Å². The Kier molecular flexibility index (Phi) is 2.28. The lowest BCUT2D eigenvalue weighted by Crippen LogP contribution is -2.24. The number of ether oxygens (including phenoxy) is 1. The van der Waals surface area contributed by atoms with Gasteiger partial charge in [-0.15, -0.1) is 0 Å². The number of carbonyl (C=O) groups excluding carboxylic acids is 1. The zero-order valence-electron chi connectivity index (χ0n) is 6.33. The number of methoxy groups -OCH3 is 1. The Labute approximate surface area is 68.4 Å². The smallest absolute Gasteiger partial charge is 0.135 e. The van der Waals surface area contributed by atoms with Crippen LogP contribution in [0, 0.1) is 5.82 Å². The molecule has 0 radical (unpaired) electrons. The fraction of sp³-hybridized carbons (Fsp3) is 0.125. The van der Waals surface area contributed by atoms with Gasteiger partial charge in [0.25, 0.3) is 0 Å². The summed E-state index contributed by atoms with van der Waals surface area (Å²) in [6.45, 7) is 0. The number of benzene rings is 1. The van der Waals surface area contributed by atoms with Crippen LogP contribution >= 0.6 is 0 Å². The standard InChI is InChI=1S/C8H7FO3/c1-12-6-4-2-3-5(9)7(6)8(10)11/h2-4H,1H3,(H,10,11)/p-1. The molecule has 0 spiro atoms. The predicted octanol–water partition coefficient (Wildman–Crippen LogP) is 0.198. The lowest BCUT2D eigenvalue weighted by atomic mass is 10.2. The fourth-order valence-electron chi connectivity index (χ4n) is 0.873. The maximum Gasteiger partial charge on any atom is 0.135 e. The first-order chi connectivity index (χ1) is 5.66. The van der Waals surface area contributed by atoms with Gasteiger partial charge in [0, 0.05) is 0 Å². The highest BCUT2D eigenvalue weighted by molar-refractivity contribution is 5.89. The summed E-state index contributed by atoms with van der Waals surface area (Å²) in [6, 6.07) is 3.75. The Morgan fingerprint density at radius 1 is 1.58 bits per heavy atom. The SMILES string of the molecule is COc1cccc(F)c1C(=O)[O-]. The summed E-state index contributed by atoms with van der Waals surface area (Å²) in [7, 11) is 1.27. The van der Waals surface area contributed by atoms with E-state index in [4.69, 9.17) is 0 Å². The summed E-state index contributed by atoms with van der Waals surface area (Å²) < 4.78 is 17.4. The molecule has 4 heteroatoms. The van der Waals surface area contributed by atoms with E-state index in [9.17, 15) is 14.3 Å². The summed E-state index contributed by atoms with van der Waals surface area (Å²) in [5, 5.41) is 10.4. The van der Waals surface area contributed by atoms with E-state index in [1.165, 1.54) is 19.2 Å². The van der Waals surface area contributed by atoms with Gasteiger partial charge in [0.1, 0.15) is 11.6 Å². The van der Waals surface area contributed by atoms with Crippen molar-refractivity contribution in [2.45, 2.75) is 0 Å². The molecule has 0 aliphatic heterocycles. The lowest BCUT2D eigenvalue weighted by Gasteiger charge is -2.08. The Morgan fingerprint density at radius 2 is 2.25 bits per heavy atom. The van der Waals surface area contributed by atoms with Crippen LogP contribution < -0.4 is 9.84 Å². The molecule has 0 aliphatic rings. The maximum absolute atomic E-state index is 12.8. The van der Waals surface area contributed by atoms with E-state index < -0.39 is 17.3 Å². The van der Waals surface area contributed by atoms with Crippen LogP contribution in [0.25, 0.3) is 0 Å². The van der Waals surface area contributed by atoms with Crippen molar-refractivity contribution in [3.63, 3.8) is 0 Å². The van der Waals surface area contributed by atoms with E-state index in [0.29, 0.717) is 0 Å². The zero-order chi connectivity index (χ0) is 9.14. The quantitative estimate of drug-likeness (QED) is 0.635. The highest BCUT2D eigenvalue weighted by atomic mass is 19.1. The number of rotatable bonds is 2. The van der Waals surface area contributed by atoms with Crippen LogP contribution in [0.4, 0.5) is 4.39 Å². The molecule has 0 atom stereocenters. The van der Waals surface area contributed by atoms with Gasteiger partial charge < -0.3 is 14.6 Å². The van der Waals surface area contributed by atoms with E-state index in [1.54, 1.807) is 0 Å². The molecule has 0 aromatic heterocycles. The number of hydrogen-bond acceptors (Lipinski definition) is 3. The van der Waals surface area contributed by atoms with Crippen LogP contribution in [-0.2, 0) is 0 Å². The van der Waals surface area contributed by atoms with Gasteiger partial charge in [-0.1, -0.05) is 6.07 Å². The molecule has 1 aromatic carbocycles. The number of carboxylic acids is 1. The van der Waals surface area contributed by atoms with Gasteiger partial charge in [-0.3, -0.25) is 0 Å². The molecule has 0 fully saturated rings. The molecule has 0 heterocycles. The predicted molar refractivity (Wildman–Crippen MR) is 37.3 cm³/mol. The monoisotopic (exact) mass is 169 g/mol. The van der Waals surface area contributed by atoms with Gasteiger partial charge in [0.15, 0.2) is 0 Å². The molecular weight excluding hydrogens is 163 g/mol. The zero-order valence-corrected chi connectivity index (χ0v) is 6.33. The molecule has 3 nitrogen and oxygen atoms in total. The van der Waals surface area contributed by atoms with E-state index in [1.807, 2.05) is 0 Å². The summed E-state index contributed by atoms with van der Waals surface area (Å²) >= 11 is 0. The number of carboxylic acid groups (broad SMARTS) is 1. The number of carbonyl (C=O) groups is 1. The molecule has 0 saturated heterocycles. The van der Waals surface area contributed by atoms with Crippen LogP contribution in [0.2, 0.25) is 0 Å². The first kappa shape index (κ1) is 8.52. The van der Waals surface area contributed by atoms with E-state index in [0.717, 1.165) is 6.07 Å². The highest BCUT2D eigenvalue weighted by Crippen LogP contribution is 2.19. The first-order valence-electron chi connectivity index (χ1n) is 3.20. The van der Waals surface area contributed by atoms with Gasteiger partial charge in [-0.2, -0.15) is 0 Å². The van der Waals surface area contributed by atoms with Crippen LogP contribution in [0.3, 0.4) is 0 Å². The molecule has 0 amide bonds. The van der Waals surface area contributed by atoms with Gasteiger partial charge in [0.05, 0.1) is 18.6 Å². The largest absolute Gasteiger partial charge is 0.545 e. The van der Waals surface area contributed by atoms with Crippen molar-refractivity contribution in [2.75, 3.05) is 7.11 Å². The third-order valence-corrected chi connectivity index (χ3v) is 1.40. The van der Waals surface area contributed by atoms with Crippen molar-refractivity contribution in [3.8, 4) is 5.75 Å². The molecular formula is C8H6FO3-. The summed E-state index contributed by atoms with van der Waals surface area (Å²) in [6.07, 6.45) is 0. The molecule has 0 unspecified atom stereocenters. The van der Waals surface area contributed by atoms with Crippen LogP contribution in [0.1, 0.15) is 10.4 Å². The first-order valence-corrected chi connectivity index (χ1v) is 3.20. The van der Waals surface area contributed by atoms with Crippen LogP contribution in [-0.4, -0.2) is 13.1 Å². The Bertz CT molecular complexity index is 309. The normalized spacial score (nSPS) is 9.50. The van der Waals surface area contributed by atoms with Gasteiger partial charge >= 0.3 is 0 Å². The highest BCUT2D eigenvalue weighted by Gasteiger charge is 2.08. The number of halogens is 1. The summed E-state index contributed by atoms with van der Waals surface area (Å²) in [5.41, 5.74) is -0.542. The van der Waals surface area contributed by atoms with Crippen molar-refractivity contribution in [1.29, 1.82) is 0 Å². The van der Waals surface area contributed by atoms with Crippen LogP contribution in [0.5, 0.6) is 5.75 Å². The second kappa shape index (κ2) is 3.21. The second-order valence-electron chi connectivity index (χ2n) is 2.10. The maximum atomic E-state index is 12.8. The molecule has 1 aromatic rings. The summed E-state index contributed by atoms with van der Waals surface area (Å²) in [4.78, 5) is 10.4. The topological polar surface area (TPSA) is 49.4 Å². The minimum atomic E-state index is -1.58. The number of hydrogen-bond donors (Lipinski definition) is 0. The molecule has 64 valence electrons. The Hall–Kier alpha value is -1.58. The van der Waals surface area contributed by atoms with E-state index in [-0.39, 0.29) is 5.75 Å². The molecule has 0 bridgehead atoms. The second-order valence-corrected chi connectivity index (χ2v) is 2.10. The third-order valence-electron chi connectivity index (χ3n) is 1.40. The average Bonchev–Trinajstić information content (AvgIpc) is 2.03. The molecule has 0 N–H and O–H groups in total.